The SMILES string of the molecule is O=C(O)c1cn2c(n1)sc1c(F)c(Cl)c(OCCN3CCOCC3)cc12. The highest BCUT2D eigenvalue weighted by Crippen LogP contribution is 2.38. The van der Waals surface area contributed by atoms with Crippen molar-refractivity contribution in [3.05, 3.63) is 28.8 Å². The molecular weight excluding hydrogens is 385 g/mol. The summed E-state index contributed by atoms with van der Waals surface area (Å²) in [4.78, 5) is 17.7. The Kier molecular flexibility index (Phi) is 4.70. The van der Waals surface area contributed by atoms with Gasteiger partial charge in [-0.3, -0.25) is 9.30 Å². The Morgan fingerprint density at radius 3 is 2.96 bits per heavy atom. The number of hydrogen-bond donors (Lipinski definition) is 1. The predicted octanol–water partition coefficient (Wildman–Crippen LogP) is 2.75. The zero-order chi connectivity index (χ0) is 18.3. The molecule has 3 heterocycles. The quantitative estimate of drug-likeness (QED) is 0.711. The van der Waals surface area contributed by atoms with Gasteiger partial charge in [-0.15, -0.1) is 0 Å². The van der Waals surface area contributed by atoms with E-state index in [9.17, 15) is 9.18 Å². The van der Waals surface area contributed by atoms with Crippen molar-refractivity contribution in [2.75, 3.05) is 39.5 Å². The van der Waals surface area contributed by atoms with Gasteiger partial charge in [0.25, 0.3) is 0 Å². The summed E-state index contributed by atoms with van der Waals surface area (Å²) in [6.07, 6.45) is 1.36. The van der Waals surface area contributed by atoms with Crippen LogP contribution in [0.1, 0.15) is 10.5 Å². The molecule has 4 rings (SSSR count). The highest BCUT2D eigenvalue weighted by Gasteiger charge is 2.20. The number of aromatic nitrogens is 2. The van der Waals surface area contributed by atoms with E-state index in [0.717, 1.165) is 24.4 Å². The van der Waals surface area contributed by atoms with E-state index in [0.29, 0.717) is 41.5 Å². The predicted molar refractivity (Wildman–Crippen MR) is 95.3 cm³/mol. The lowest BCUT2D eigenvalue weighted by molar-refractivity contribution is 0.0322. The van der Waals surface area contributed by atoms with Gasteiger partial charge in [0.1, 0.15) is 17.4 Å². The number of ether oxygens (including phenoxy) is 2. The Bertz CT molecular complexity index is 983. The topological polar surface area (TPSA) is 76.3 Å². The van der Waals surface area contributed by atoms with E-state index >= 15 is 0 Å². The van der Waals surface area contributed by atoms with Gasteiger partial charge >= 0.3 is 5.97 Å². The van der Waals surface area contributed by atoms with Gasteiger partial charge in [0.15, 0.2) is 16.5 Å². The second-order valence-corrected chi connectivity index (χ2v) is 7.19. The van der Waals surface area contributed by atoms with Crippen LogP contribution in [0.4, 0.5) is 4.39 Å². The van der Waals surface area contributed by atoms with Crippen molar-refractivity contribution < 1.29 is 23.8 Å². The third kappa shape index (κ3) is 3.11. The van der Waals surface area contributed by atoms with Crippen LogP contribution in [-0.4, -0.2) is 64.8 Å². The summed E-state index contributed by atoms with van der Waals surface area (Å²) in [7, 11) is 0. The van der Waals surface area contributed by atoms with Crippen molar-refractivity contribution in [3.63, 3.8) is 0 Å². The van der Waals surface area contributed by atoms with Gasteiger partial charge in [-0.25, -0.2) is 14.2 Å². The summed E-state index contributed by atoms with van der Waals surface area (Å²) in [6.45, 7) is 4.11. The van der Waals surface area contributed by atoms with Gasteiger partial charge in [-0.2, -0.15) is 0 Å². The molecule has 138 valence electrons. The van der Waals surface area contributed by atoms with Crippen LogP contribution in [0, 0.1) is 5.82 Å². The number of rotatable bonds is 5. The number of carbonyl (C=O) groups is 1. The minimum atomic E-state index is -1.13. The average Bonchev–Trinajstić information content (AvgIpc) is 3.19. The smallest absolute Gasteiger partial charge is 0.356 e. The van der Waals surface area contributed by atoms with Crippen molar-refractivity contribution in [3.8, 4) is 5.75 Å². The molecule has 0 bridgehead atoms. The number of aromatic carboxylic acids is 1. The second kappa shape index (κ2) is 6.99. The highest BCUT2D eigenvalue weighted by molar-refractivity contribution is 7.23. The van der Waals surface area contributed by atoms with E-state index < -0.39 is 11.8 Å². The lowest BCUT2D eigenvalue weighted by Crippen LogP contribution is -2.38. The summed E-state index contributed by atoms with van der Waals surface area (Å²) in [5, 5.41) is 8.98. The van der Waals surface area contributed by atoms with Crippen LogP contribution in [0.2, 0.25) is 5.02 Å². The molecule has 1 aromatic carbocycles. The maximum atomic E-state index is 14.6. The summed E-state index contributed by atoms with van der Waals surface area (Å²) in [5.74, 6) is -1.49. The number of morpholine rings is 1. The van der Waals surface area contributed by atoms with E-state index in [1.165, 1.54) is 10.6 Å². The van der Waals surface area contributed by atoms with Crippen molar-refractivity contribution in [1.82, 2.24) is 14.3 Å². The summed E-state index contributed by atoms with van der Waals surface area (Å²) in [5.41, 5.74) is 0.386. The molecule has 1 aliphatic heterocycles. The number of imidazole rings is 1. The Hall–Kier alpha value is -1.94. The van der Waals surface area contributed by atoms with E-state index in [4.69, 9.17) is 26.2 Å². The fourth-order valence-corrected chi connectivity index (χ4v) is 4.16. The number of halogens is 2. The van der Waals surface area contributed by atoms with Crippen LogP contribution in [0.15, 0.2) is 12.3 Å². The number of hydrogen-bond acceptors (Lipinski definition) is 6. The molecule has 1 N–H and O–H groups in total. The first-order valence-corrected chi connectivity index (χ1v) is 9.20. The standard InChI is InChI=1S/C16H15ClFN3O4S/c17-12-11(25-6-3-20-1-4-24-5-2-20)7-10-14(13(12)18)26-16-19-9(15(22)23)8-21(10)16/h7-8H,1-6H2,(H,22,23). The van der Waals surface area contributed by atoms with E-state index in [1.807, 2.05) is 0 Å². The number of thiazole rings is 1. The number of carboxylic acids is 1. The maximum absolute atomic E-state index is 14.6. The van der Waals surface area contributed by atoms with Crippen LogP contribution >= 0.6 is 22.9 Å². The fraction of sp³-hybridized carbons (Fsp3) is 0.375. The van der Waals surface area contributed by atoms with Gasteiger partial charge in [0.05, 0.1) is 23.4 Å². The van der Waals surface area contributed by atoms with Gasteiger partial charge in [-0.1, -0.05) is 22.9 Å². The fourth-order valence-electron chi connectivity index (χ4n) is 2.87. The first-order valence-electron chi connectivity index (χ1n) is 8.00. The van der Waals surface area contributed by atoms with E-state index in [1.54, 1.807) is 6.07 Å². The van der Waals surface area contributed by atoms with Crippen LogP contribution in [0.3, 0.4) is 0 Å². The number of fused-ring (bicyclic) bond motifs is 3. The van der Waals surface area contributed by atoms with Crippen LogP contribution in [-0.2, 0) is 4.74 Å². The van der Waals surface area contributed by atoms with Gasteiger partial charge in [0, 0.05) is 31.9 Å². The molecule has 7 nitrogen and oxygen atoms in total. The number of carboxylic acid groups (broad SMARTS) is 1. The van der Waals surface area contributed by atoms with E-state index in [-0.39, 0.29) is 16.5 Å². The summed E-state index contributed by atoms with van der Waals surface area (Å²) >= 11 is 7.17. The molecule has 0 unspecified atom stereocenters. The zero-order valence-corrected chi connectivity index (χ0v) is 15.1. The number of benzene rings is 1. The molecular formula is C16H15ClFN3O4S. The highest BCUT2D eigenvalue weighted by atomic mass is 35.5. The normalized spacial score (nSPS) is 15.8. The molecule has 26 heavy (non-hydrogen) atoms. The molecule has 0 radical (unpaired) electrons. The van der Waals surface area contributed by atoms with Crippen molar-refractivity contribution >= 4 is 44.1 Å². The molecule has 1 saturated heterocycles. The maximum Gasteiger partial charge on any atom is 0.356 e. The Labute approximate surface area is 156 Å². The van der Waals surface area contributed by atoms with Crippen LogP contribution < -0.4 is 4.74 Å². The van der Waals surface area contributed by atoms with Crippen molar-refractivity contribution in [1.29, 1.82) is 0 Å². The minimum Gasteiger partial charge on any atom is -0.490 e. The monoisotopic (exact) mass is 399 g/mol. The third-order valence-electron chi connectivity index (χ3n) is 4.22. The molecule has 0 spiro atoms. The summed E-state index contributed by atoms with van der Waals surface area (Å²) < 4.78 is 27.5. The molecule has 1 aliphatic rings. The Morgan fingerprint density at radius 1 is 1.46 bits per heavy atom. The van der Waals surface area contributed by atoms with E-state index in [2.05, 4.69) is 9.88 Å². The second-order valence-electron chi connectivity index (χ2n) is 5.84. The Morgan fingerprint density at radius 2 is 2.23 bits per heavy atom. The molecule has 0 amide bonds. The average molecular weight is 400 g/mol. The van der Waals surface area contributed by atoms with Crippen molar-refractivity contribution in [2.24, 2.45) is 0 Å². The lowest BCUT2D eigenvalue weighted by Gasteiger charge is -2.26. The van der Waals surface area contributed by atoms with Crippen LogP contribution in [0.25, 0.3) is 15.2 Å². The largest absolute Gasteiger partial charge is 0.490 e. The molecule has 0 atom stereocenters. The molecule has 2 aromatic heterocycles. The first kappa shape index (κ1) is 17.5. The first-order chi connectivity index (χ1) is 12.5. The minimum absolute atomic E-state index is 0.0811. The van der Waals surface area contributed by atoms with Gasteiger partial charge in [-0.05, 0) is 0 Å². The Balaban J connectivity index is 1.62. The zero-order valence-electron chi connectivity index (χ0n) is 13.6. The summed E-state index contributed by atoms with van der Waals surface area (Å²) in [6, 6.07) is 1.62. The molecule has 10 heteroatoms. The van der Waals surface area contributed by atoms with Gasteiger partial charge in [0.2, 0.25) is 0 Å². The number of nitrogens with zero attached hydrogens (tertiary/aromatic N) is 3. The lowest BCUT2D eigenvalue weighted by atomic mass is 10.3. The third-order valence-corrected chi connectivity index (χ3v) is 5.64. The van der Waals surface area contributed by atoms with Gasteiger partial charge < -0.3 is 14.6 Å². The van der Waals surface area contributed by atoms with Crippen LogP contribution in [0.5, 0.6) is 5.75 Å². The molecule has 1 fully saturated rings. The molecule has 0 saturated carbocycles. The molecule has 0 aliphatic carbocycles. The molecule has 3 aromatic rings. The van der Waals surface area contributed by atoms with Crippen molar-refractivity contribution in [2.45, 2.75) is 0 Å².